The van der Waals surface area contributed by atoms with Crippen molar-refractivity contribution in [3.8, 4) is 0 Å². The highest BCUT2D eigenvalue weighted by atomic mass is 14.2. The number of hydrogen-bond donors (Lipinski definition) is 0. The van der Waals surface area contributed by atoms with Crippen LogP contribution < -0.4 is 0 Å². The first kappa shape index (κ1) is 11.3. The molecule has 0 saturated carbocycles. The first-order valence-electron chi connectivity index (χ1n) is 5.61. The third-order valence-corrected chi connectivity index (χ3v) is 2.67. The fraction of sp³-hybridized carbons (Fsp3) is 0.571. The van der Waals surface area contributed by atoms with Gasteiger partial charge in [0.15, 0.2) is 0 Å². The van der Waals surface area contributed by atoms with Crippen LogP contribution in [0.25, 0.3) is 0 Å². The van der Waals surface area contributed by atoms with E-state index in [-0.39, 0.29) is 0 Å². The highest BCUT2D eigenvalue weighted by molar-refractivity contribution is 5.32. The molecule has 0 aromatic rings. The predicted octanol–water partition coefficient (Wildman–Crippen LogP) is 4.65. The van der Waals surface area contributed by atoms with Crippen molar-refractivity contribution in [2.24, 2.45) is 5.41 Å². The topological polar surface area (TPSA) is 0 Å². The summed E-state index contributed by atoms with van der Waals surface area (Å²) in [6.07, 6.45) is 12.7. The van der Waals surface area contributed by atoms with Crippen molar-refractivity contribution in [2.45, 2.75) is 47.0 Å². The molecular formula is C14H22. The summed E-state index contributed by atoms with van der Waals surface area (Å²) >= 11 is 0. The van der Waals surface area contributed by atoms with Gasteiger partial charge in [0, 0.05) is 0 Å². The van der Waals surface area contributed by atoms with Gasteiger partial charge in [-0.15, -0.1) is 0 Å². The summed E-state index contributed by atoms with van der Waals surface area (Å²) in [7, 11) is 0. The molecule has 0 radical (unpaired) electrons. The molecule has 78 valence electrons. The van der Waals surface area contributed by atoms with E-state index in [1.54, 1.807) is 0 Å². The molecule has 0 aliphatic heterocycles. The van der Waals surface area contributed by atoms with Crippen LogP contribution in [0.1, 0.15) is 47.0 Å². The van der Waals surface area contributed by atoms with E-state index in [2.05, 4.69) is 52.0 Å². The monoisotopic (exact) mass is 190 g/mol. The molecule has 0 unspecified atom stereocenters. The molecule has 0 aromatic heterocycles. The van der Waals surface area contributed by atoms with Crippen molar-refractivity contribution < 1.29 is 0 Å². The average molecular weight is 190 g/mol. The summed E-state index contributed by atoms with van der Waals surface area (Å²) < 4.78 is 0. The molecule has 0 fully saturated rings. The van der Waals surface area contributed by atoms with Crippen LogP contribution in [0.5, 0.6) is 0 Å². The van der Waals surface area contributed by atoms with Crippen LogP contribution in [-0.2, 0) is 0 Å². The fourth-order valence-corrected chi connectivity index (χ4v) is 1.68. The zero-order valence-corrected chi connectivity index (χ0v) is 9.93. The first-order valence-corrected chi connectivity index (χ1v) is 5.61. The lowest BCUT2D eigenvalue weighted by molar-refractivity contribution is 0.494. The van der Waals surface area contributed by atoms with Gasteiger partial charge in [-0.3, -0.25) is 0 Å². The Kier molecular flexibility index (Phi) is 3.74. The second-order valence-electron chi connectivity index (χ2n) is 5.04. The fourth-order valence-electron chi connectivity index (χ4n) is 1.68. The SMILES string of the molecule is CCCC1=CC=C(C(C)(C)C)CC=C1. The Balaban J connectivity index is 2.81. The highest BCUT2D eigenvalue weighted by Gasteiger charge is 2.15. The molecule has 0 saturated heterocycles. The molecule has 0 N–H and O–H groups in total. The minimum atomic E-state index is 0.308. The van der Waals surface area contributed by atoms with E-state index in [0.29, 0.717) is 5.41 Å². The van der Waals surface area contributed by atoms with E-state index in [1.807, 2.05) is 0 Å². The highest BCUT2D eigenvalue weighted by Crippen LogP contribution is 2.30. The van der Waals surface area contributed by atoms with Crippen molar-refractivity contribution in [2.75, 3.05) is 0 Å². The van der Waals surface area contributed by atoms with Crippen molar-refractivity contribution in [1.82, 2.24) is 0 Å². The smallest absolute Gasteiger partial charge is 0.0127 e. The third kappa shape index (κ3) is 3.17. The minimum absolute atomic E-state index is 0.308. The van der Waals surface area contributed by atoms with Crippen LogP contribution in [0, 0.1) is 5.41 Å². The van der Waals surface area contributed by atoms with Gasteiger partial charge in [0.05, 0.1) is 0 Å². The molecule has 0 amide bonds. The maximum absolute atomic E-state index is 2.31. The normalized spacial score (nSPS) is 17.4. The van der Waals surface area contributed by atoms with Gasteiger partial charge in [-0.05, 0) is 23.8 Å². The zero-order chi connectivity index (χ0) is 10.6. The van der Waals surface area contributed by atoms with E-state index in [4.69, 9.17) is 0 Å². The van der Waals surface area contributed by atoms with Crippen LogP contribution in [0.4, 0.5) is 0 Å². The zero-order valence-electron chi connectivity index (χ0n) is 9.93. The molecule has 1 aliphatic carbocycles. The molecule has 0 bridgehead atoms. The summed E-state index contributed by atoms with van der Waals surface area (Å²) in [6, 6.07) is 0. The molecule has 0 heteroatoms. The first-order chi connectivity index (χ1) is 6.54. The molecule has 0 nitrogen and oxygen atoms in total. The third-order valence-electron chi connectivity index (χ3n) is 2.67. The van der Waals surface area contributed by atoms with Crippen molar-refractivity contribution in [3.63, 3.8) is 0 Å². The quantitative estimate of drug-likeness (QED) is 0.595. The van der Waals surface area contributed by atoms with E-state index < -0.39 is 0 Å². The number of rotatable bonds is 2. The van der Waals surface area contributed by atoms with E-state index >= 15 is 0 Å². The van der Waals surface area contributed by atoms with Crippen LogP contribution in [-0.4, -0.2) is 0 Å². The predicted molar refractivity (Wildman–Crippen MR) is 64.3 cm³/mol. The number of allylic oxidation sites excluding steroid dienone is 6. The Bertz CT molecular complexity index is 269. The Morgan fingerprint density at radius 3 is 2.50 bits per heavy atom. The Hall–Kier alpha value is -0.780. The Morgan fingerprint density at radius 1 is 1.21 bits per heavy atom. The summed E-state index contributed by atoms with van der Waals surface area (Å²) in [5, 5.41) is 0. The van der Waals surface area contributed by atoms with Gasteiger partial charge >= 0.3 is 0 Å². The van der Waals surface area contributed by atoms with E-state index in [0.717, 1.165) is 6.42 Å². The van der Waals surface area contributed by atoms with E-state index in [1.165, 1.54) is 24.0 Å². The van der Waals surface area contributed by atoms with Crippen LogP contribution in [0.15, 0.2) is 35.5 Å². The maximum atomic E-state index is 2.31. The van der Waals surface area contributed by atoms with Gasteiger partial charge in [-0.25, -0.2) is 0 Å². The molecule has 1 rings (SSSR count). The lowest BCUT2D eigenvalue weighted by atomic mass is 9.84. The van der Waals surface area contributed by atoms with Crippen molar-refractivity contribution in [1.29, 1.82) is 0 Å². The summed E-state index contributed by atoms with van der Waals surface area (Å²) in [6.45, 7) is 9.08. The summed E-state index contributed by atoms with van der Waals surface area (Å²) in [4.78, 5) is 0. The second-order valence-corrected chi connectivity index (χ2v) is 5.04. The molecule has 14 heavy (non-hydrogen) atoms. The van der Waals surface area contributed by atoms with Crippen LogP contribution >= 0.6 is 0 Å². The molecule has 0 spiro atoms. The lowest BCUT2D eigenvalue weighted by Crippen LogP contribution is -2.08. The summed E-state index contributed by atoms with van der Waals surface area (Å²) in [5.74, 6) is 0. The maximum Gasteiger partial charge on any atom is -0.0127 e. The summed E-state index contributed by atoms with van der Waals surface area (Å²) in [5.41, 5.74) is 3.30. The van der Waals surface area contributed by atoms with Crippen molar-refractivity contribution >= 4 is 0 Å². The van der Waals surface area contributed by atoms with E-state index in [9.17, 15) is 0 Å². The standard InChI is InChI=1S/C14H22/c1-5-7-12-8-6-9-13(11-10-12)14(2,3)4/h6,8,10-11H,5,7,9H2,1-4H3. The molecule has 0 aromatic carbocycles. The molecule has 0 atom stereocenters. The van der Waals surface area contributed by atoms with Gasteiger partial charge in [-0.2, -0.15) is 0 Å². The Labute approximate surface area is 88.4 Å². The van der Waals surface area contributed by atoms with Crippen LogP contribution in [0.3, 0.4) is 0 Å². The molecule has 0 heterocycles. The largest absolute Gasteiger partial charge is 0.0802 e. The van der Waals surface area contributed by atoms with Gasteiger partial charge in [0.1, 0.15) is 0 Å². The minimum Gasteiger partial charge on any atom is -0.0802 e. The van der Waals surface area contributed by atoms with Gasteiger partial charge in [0.2, 0.25) is 0 Å². The Morgan fingerprint density at radius 2 is 1.93 bits per heavy atom. The number of hydrogen-bond acceptors (Lipinski definition) is 0. The lowest BCUT2D eigenvalue weighted by Gasteiger charge is -2.21. The average Bonchev–Trinajstić information content (AvgIpc) is 2.29. The molecule has 1 aliphatic rings. The van der Waals surface area contributed by atoms with Gasteiger partial charge < -0.3 is 0 Å². The second kappa shape index (κ2) is 4.63. The van der Waals surface area contributed by atoms with Gasteiger partial charge in [0.25, 0.3) is 0 Å². The van der Waals surface area contributed by atoms with Gasteiger partial charge in [-0.1, -0.05) is 64.0 Å². The van der Waals surface area contributed by atoms with Crippen LogP contribution in [0.2, 0.25) is 0 Å². The van der Waals surface area contributed by atoms with Crippen molar-refractivity contribution in [3.05, 3.63) is 35.5 Å². The molecular weight excluding hydrogens is 168 g/mol.